The first-order valence-electron chi connectivity index (χ1n) is 11.8. The quantitative estimate of drug-likeness (QED) is 0.308. The third kappa shape index (κ3) is 5.36. The van der Waals surface area contributed by atoms with Crippen LogP contribution in [0.25, 0.3) is 11.0 Å². The average molecular weight is 687 g/mol. The molecule has 3 aromatic rings. The number of aromatic nitrogens is 4. The molecule has 1 aromatic carbocycles. The number of nitriles is 1. The van der Waals surface area contributed by atoms with Gasteiger partial charge in [-0.3, -0.25) is 9.88 Å². The number of aliphatic hydroxyl groups is 1. The van der Waals surface area contributed by atoms with Crippen molar-refractivity contribution in [2.24, 2.45) is 5.41 Å². The third-order valence-corrected chi connectivity index (χ3v) is 7.21. The Labute approximate surface area is 238 Å². The van der Waals surface area contributed by atoms with Gasteiger partial charge in [0.1, 0.15) is 29.3 Å². The summed E-state index contributed by atoms with van der Waals surface area (Å²) in [6.45, 7) is 5.38. The molecule has 9 nitrogen and oxygen atoms in total. The molecule has 2 aliphatic rings. The van der Waals surface area contributed by atoms with Crippen LogP contribution in [-0.2, 0) is 29.6 Å². The fourth-order valence-corrected chi connectivity index (χ4v) is 5.31. The van der Waals surface area contributed by atoms with Crippen LogP contribution < -0.4 is 4.90 Å². The van der Waals surface area contributed by atoms with E-state index in [-0.39, 0.29) is 31.5 Å². The van der Waals surface area contributed by atoms with Crippen molar-refractivity contribution >= 4 is 43.3 Å². The van der Waals surface area contributed by atoms with Crippen molar-refractivity contribution in [1.29, 1.82) is 5.26 Å². The SMILES string of the molecule is CC(C)(O)c1cnc(N2C[C@@]3(CC[C@@H](F)[C@](C)(Cn4cnc5cc(F)c(C#N)cc54)C3)OC2=O)cn1.[Cu][I]. The van der Waals surface area contributed by atoms with Crippen LogP contribution in [0.4, 0.5) is 19.4 Å². The second-order valence-corrected chi connectivity index (χ2v) is 10.6. The molecular formula is C25H26CuF2IN6O3. The van der Waals surface area contributed by atoms with Crippen molar-refractivity contribution < 1.29 is 36.2 Å². The first kappa shape index (κ1) is 28.6. The predicted octanol–water partition coefficient (Wildman–Crippen LogP) is 4.87. The maximum atomic E-state index is 15.4. The van der Waals surface area contributed by atoms with Gasteiger partial charge >= 0.3 is 39.2 Å². The van der Waals surface area contributed by atoms with Crippen molar-refractivity contribution in [1.82, 2.24) is 19.5 Å². The fourth-order valence-electron chi connectivity index (χ4n) is 5.31. The molecule has 38 heavy (non-hydrogen) atoms. The summed E-state index contributed by atoms with van der Waals surface area (Å²) in [5.74, 6) is -0.362. The van der Waals surface area contributed by atoms with Crippen molar-refractivity contribution in [3.63, 3.8) is 0 Å². The van der Waals surface area contributed by atoms with Crippen molar-refractivity contribution in [2.75, 3.05) is 11.4 Å². The van der Waals surface area contributed by atoms with E-state index in [2.05, 4.69) is 27.7 Å². The Morgan fingerprint density at radius 2 is 2.05 bits per heavy atom. The number of fused-ring (bicyclic) bond motifs is 1. The van der Waals surface area contributed by atoms with Gasteiger partial charge in [0, 0.05) is 18.0 Å². The molecular weight excluding hydrogens is 661 g/mol. The van der Waals surface area contributed by atoms with Gasteiger partial charge in [0.15, 0.2) is 5.82 Å². The molecule has 3 atom stereocenters. The number of ether oxygens (including phenoxy) is 1. The fraction of sp³-hybridized carbons (Fsp3) is 0.480. The zero-order valence-electron chi connectivity index (χ0n) is 20.9. The van der Waals surface area contributed by atoms with Crippen molar-refractivity contribution in [3.05, 3.63) is 47.9 Å². The van der Waals surface area contributed by atoms with Crippen molar-refractivity contribution in [3.8, 4) is 6.07 Å². The van der Waals surface area contributed by atoms with E-state index < -0.39 is 34.7 Å². The van der Waals surface area contributed by atoms with Crippen molar-refractivity contribution in [2.45, 2.75) is 64.0 Å². The molecule has 2 fully saturated rings. The summed E-state index contributed by atoms with van der Waals surface area (Å²) in [4.78, 5) is 26.9. The minimum absolute atomic E-state index is 0.108. The Morgan fingerprint density at radius 1 is 1.32 bits per heavy atom. The molecule has 1 amide bonds. The van der Waals surface area contributed by atoms with Crippen LogP contribution in [0.3, 0.4) is 0 Å². The summed E-state index contributed by atoms with van der Waals surface area (Å²) in [6, 6.07) is 4.44. The van der Waals surface area contributed by atoms with Gasteiger partial charge in [-0.2, -0.15) is 5.26 Å². The van der Waals surface area contributed by atoms with Gasteiger partial charge in [-0.25, -0.2) is 23.5 Å². The number of rotatable bonds is 4. The number of halogens is 3. The Kier molecular flexibility index (Phi) is 8.01. The molecule has 206 valence electrons. The van der Waals surface area contributed by atoms with E-state index in [1.54, 1.807) is 45.7 Å². The first-order valence-corrected chi connectivity index (χ1v) is 14.8. The topological polar surface area (TPSA) is 117 Å². The van der Waals surface area contributed by atoms with E-state index in [1.165, 1.54) is 35.8 Å². The number of anilines is 1. The van der Waals surface area contributed by atoms with Gasteiger partial charge in [0.05, 0.1) is 47.6 Å². The van der Waals surface area contributed by atoms with Gasteiger partial charge in [-0.15, -0.1) is 0 Å². The number of carbonyl (C=O) groups is 1. The molecule has 5 rings (SSSR count). The van der Waals surface area contributed by atoms with Crippen LogP contribution in [0, 0.1) is 22.6 Å². The molecule has 1 N–H and O–H groups in total. The Balaban J connectivity index is 0.00000164. The van der Waals surface area contributed by atoms with Crippen LogP contribution in [0.1, 0.15) is 51.3 Å². The van der Waals surface area contributed by atoms with Crippen LogP contribution in [0.15, 0.2) is 30.9 Å². The Morgan fingerprint density at radius 3 is 2.68 bits per heavy atom. The Hall–Kier alpha value is -2.40. The normalized spacial score (nSPS) is 25.2. The maximum absolute atomic E-state index is 15.4. The van der Waals surface area contributed by atoms with Crippen LogP contribution in [-0.4, -0.2) is 49.0 Å². The van der Waals surface area contributed by atoms with E-state index in [0.717, 1.165) is 0 Å². The number of amides is 1. The molecule has 3 heterocycles. The number of hydrogen-bond acceptors (Lipinski definition) is 7. The average Bonchev–Trinajstić information content (AvgIpc) is 3.41. The van der Waals surface area contributed by atoms with Gasteiger partial charge in [-0.05, 0) is 39.2 Å². The molecule has 2 aromatic heterocycles. The summed E-state index contributed by atoms with van der Waals surface area (Å²) in [7, 11) is 0. The number of carbonyl (C=O) groups excluding carboxylic acids is 1. The molecule has 1 aliphatic carbocycles. The standard InChI is InChI=1S/C25H26F2N6O3.Cu.HI/c1-23(2,35)20-9-30-21(10-29-20)33-13-25(36-22(33)34)5-4-19(27)24(3,11-25)12-32-14-31-17-7-16(26)15(8-28)6-18(17)32;;/h6-7,9-10,14,19,35H,4-5,11-13H2,1-3H3;;1H/q;+1;/p-1/t19-,24+,25+;;/m1../s1. The van der Waals surface area contributed by atoms with E-state index in [1.807, 2.05) is 6.07 Å². The van der Waals surface area contributed by atoms with Gasteiger partial charge in [0.2, 0.25) is 0 Å². The first-order chi connectivity index (χ1) is 17.9. The minimum atomic E-state index is -1.17. The molecule has 1 saturated carbocycles. The summed E-state index contributed by atoms with van der Waals surface area (Å²) >= 11 is 5.87. The van der Waals surface area contributed by atoms with E-state index in [9.17, 15) is 19.6 Å². The van der Waals surface area contributed by atoms with E-state index in [0.29, 0.717) is 29.0 Å². The molecule has 1 aliphatic heterocycles. The second-order valence-electron chi connectivity index (χ2n) is 10.6. The number of nitrogens with zero attached hydrogens (tertiary/aromatic N) is 6. The van der Waals surface area contributed by atoms with Crippen LogP contribution >= 0.6 is 20.3 Å². The summed E-state index contributed by atoms with van der Waals surface area (Å²) in [5.41, 5.74) is -1.83. The summed E-state index contributed by atoms with van der Waals surface area (Å²) in [6.07, 6.45) is 3.40. The third-order valence-electron chi connectivity index (χ3n) is 7.21. The van der Waals surface area contributed by atoms with E-state index in [4.69, 9.17) is 4.74 Å². The zero-order chi connectivity index (χ0) is 27.9. The van der Waals surface area contributed by atoms with Gasteiger partial charge in [0.25, 0.3) is 0 Å². The molecule has 1 saturated heterocycles. The second kappa shape index (κ2) is 10.6. The van der Waals surface area contributed by atoms with Gasteiger partial charge < -0.3 is 14.4 Å². The van der Waals surface area contributed by atoms with Crippen LogP contribution in [0.5, 0.6) is 0 Å². The summed E-state index contributed by atoms with van der Waals surface area (Å²) < 4.78 is 37.0. The molecule has 0 bridgehead atoms. The molecule has 13 heteroatoms. The predicted molar refractivity (Wildman–Crippen MR) is 139 cm³/mol. The molecule has 0 unspecified atom stereocenters. The molecule has 1 spiro atoms. The number of hydrogen-bond donors (Lipinski definition) is 1. The number of benzene rings is 1. The number of imidazole rings is 1. The van der Waals surface area contributed by atoms with E-state index >= 15 is 4.39 Å². The van der Waals surface area contributed by atoms with Crippen LogP contribution in [0.2, 0.25) is 0 Å². The molecule has 0 radical (unpaired) electrons. The van der Waals surface area contributed by atoms with Gasteiger partial charge in [-0.1, -0.05) is 6.92 Å². The zero-order valence-corrected chi connectivity index (χ0v) is 24.0. The Bertz CT molecular complexity index is 1390. The summed E-state index contributed by atoms with van der Waals surface area (Å²) in [5, 5.41) is 19.3. The number of alkyl halides is 1. The monoisotopic (exact) mass is 686 g/mol.